The van der Waals surface area contributed by atoms with Gasteiger partial charge in [-0.05, 0) is 11.6 Å². The molecule has 76 valence electrons. The molecule has 0 fully saturated rings. The Morgan fingerprint density at radius 1 is 1.27 bits per heavy atom. The van der Waals surface area contributed by atoms with Crippen molar-refractivity contribution in [1.82, 2.24) is 0 Å². The van der Waals surface area contributed by atoms with Crippen LogP contribution in [0.2, 0.25) is 0 Å². The van der Waals surface area contributed by atoms with Gasteiger partial charge in [0.25, 0.3) is 0 Å². The quantitative estimate of drug-likeness (QED) is 0.686. The lowest BCUT2D eigenvalue weighted by Gasteiger charge is -1.94. The summed E-state index contributed by atoms with van der Waals surface area (Å²) >= 11 is 0. The third kappa shape index (κ3) is 2.56. The van der Waals surface area contributed by atoms with E-state index in [1.165, 1.54) is 0 Å². The van der Waals surface area contributed by atoms with Crippen LogP contribution >= 0.6 is 0 Å². The van der Waals surface area contributed by atoms with E-state index in [-0.39, 0.29) is 6.04 Å². The third-order valence-corrected chi connectivity index (χ3v) is 2.19. The van der Waals surface area contributed by atoms with Crippen LogP contribution in [0.3, 0.4) is 0 Å². The minimum atomic E-state index is 0.112. The van der Waals surface area contributed by atoms with Gasteiger partial charge in [-0.1, -0.05) is 36.4 Å². The van der Waals surface area contributed by atoms with Crippen molar-refractivity contribution in [1.29, 1.82) is 0 Å². The molecule has 2 heteroatoms. The summed E-state index contributed by atoms with van der Waals surface area (Å²) in [6.07, 6.45) is 5.67. The van der Waals surface area contributed by atoms with E-state index < -0.39 is 0 Å². The number of benzene rings is 1. The first-order valence-electron chi connectivity index (χ1n) is 4.95. The number of aliphatic imine (C=N–C) groups is 1. The first-order chi connectivity index (χ1) is 7.38. The second-order valence-corrected chi connectivity index (χ2v) is 3.33. The summed E-state index contributed by atoms with van der Waals surface area (Å²) < 4.78 is 5.37. The fraction of sp³-hybridized carbons (Fsp3) is 0.154. The van der Waals surface area contributed by atoms with Gasteiger partial charge in [0, 0.05) is 6.08 Å². The number of hydrogen-bond donors (Lipinski definition) is 0. The minimum Gasteiger partial charge on any atom is -0.475 e. The lowest BCUT2D eigenvalue weighted by Crippen LogP contribution is -2.00. The van der Waals surface area contributed by atoms with Crippen LogP contribution in [0.5, 0.6) is 0 Å². The van der Waals surface area contributed by atoms with E-state index in [1.807, 2.05) is 42.5 Å². The van der Waals surface area contributed by atoms with E-state index in [1.54, 1.807) is 6.08 Å². The van der Waals surface area contributed by atoms with Crippen LogP contribution in [-0.2, 0) is 4.74 Å². The van der Waals surface area contributed by atoms with Gasteiger partial charge in [0.2, 0.25) is 5.90 Å². The smallest absolute Gasteiger partial charge is 0.209 e. The first kappa shape index (κ1) is 9.71. The Morgan fingerprint density at radius 2 is 2.07 bits per heavy atom. The van der Waals surface area contributed by atoms with Gasteiger partial charge < -0.3 is 4.74 Å². The fourth-order valence-corrected chi connectivity index (χ4v) is 1.35. The highest BCUT2D eigenvalue weighted by atomic mass is 16.5. The summed E-state index contributed by atoms with van der Waals surface area (Å²) in [7, 11) is 0. The van der Waals surface area contributed by atoms with E-state index in [0.29, 0.717) is 12.5 Å². The van der Waals surface area contributed by atoms with Crippen molar-refractivity contribution in [3.8, 4) is 0 Å². The number of ether oxygens (including phenoxy) is 1. The molecule has 0 amide bonds. The SMILES string of the molecule is C=CC1COC(C=Cc2ccccc2)=N1. The predicted octanol–water partition coefficient (Wildman–Crippen LogP) is 2.68. The van der Waals surface area contributed by atoms with Crippen LogP contribution in [-0.4, -0.2) is 18.5 Å². The van der Waals surface area contributed by atoms with Gasteiger partial charge in [0.1, 0.15) is 12.6 Å². The number of rotatable bonds is 3. The molecule has 1 unspecified atom stereocenters. The van der Waals surface area contributed by atoms with Crippen molar-refractivity contribution in [3.63, 3.8) is 0 Å². The van der Waals surface area contributed by atoms with Crippen LogP contribution in [0.4, 0.5) is 0 Å². The van der Waals surface area contributed by atoms with Crippen LogP contribution in [0.25, 0.3) is 6.08 Å². The average Bonchev–Trinajstić information content (AvgIpc) is 2.76. The molecule has 15 heavy (non-hydrogen) atoms. The molecule has 2 nitrogen and oxygen atoms in total. The molecular formula is C13H13NO. The van der Waals surface area contributed by atoms with Gasteiger partial charge in [0.15, 0.2) is 0 Å². The highest BCUT2D eigenvalue weighted by molar-refractivity contribution is 5.92. The van der Waals surface area contributed by atoms with Crippen LogP contribution in [0, 0.1) is 0 Å². The van der Waals surface area contributed by atoms with E-state index in [2.05, 4.69) is 11.6 Å². The molecule has 1 aliphatic heterocycles. The summed E-state index contributed by atoms with van der Waals surface area (Å²) in [5.41, 5.74) is 1.14. The van der Waals surface area contributed by atoms with Gasteiger partial charge >= 0.3 is 0 Å². The zero-order chi connectivity index (χ0) is 10.5. The Balaban J connectivity index is 2.04. The van der Waals surface area contributed by atoms with Crippen molar-refractivity contribution in [2.45, 2.75) is 6.04 Å². The summed E-state index contributed by atoms with van der Waals surface area (Å²) in [6, 6.07) is 10.2. The topological polar surface area (TPSA) is 21.6 Å². The van der Waals surface area contributed by atoms with Crippen molar-refractivity contribution >= 4 is 12.0 Å². The molecule has 0 saturated heterocycles. The average molecular weight is 199 g/mol. The second-order valence-electron chi connectivity index (χ2n) is 3.33. The van der Waals surface area contributed by atoms with Gasteiger partial charge in [-0.3, -0.25) is 0 Å². The van der Waals surface area contributed by atoms with Crippen LogP contribution in [0.1, 0.15) is 5.56 Å². The summed E-state index contributed by atoms with van der Waals surface area (Å²) in [5, 5.41) is 0. The monoisotopic (exact) mass is 199 g/mol. The van der Waals surface area contributed by atoms with E-state index in [4.69, 9.17) is 4.74 Å². The standard InChI is InChI=1S/C13H13NO/c1-2-12-10-15-13(14-12)9-8-11-6-4-3-5-7-11/h2-9,12H,1,10H2. The Bertz CT molecular complexity index is 392. The minimum absolute atomic E-state index is 0.112. The normalized spacial score (nSPS) is 20.0. The Hall–Kier alpha value is -1.83. The van der Waals surface area contributed by atoms with Crippen LogP contribution in [0.15, 0.2) is 54.1 Å². The van der Waals surface area contributed by atoms with Gasteiger partial charge in [-0.2, -0.15) is 0 Å². The molecule has 1 aromatic carbocycles. The van der Waals surface area contributed by atoms with Gasteiger partial charge in [-0.15, -0.1) is 6.58 Å². The number of hydrogen-bond acceptors (Lipinski definition) is 2. The highest BCUT2D eigenvalue weighted by Crippen LogP contribution is 2.08. The largest absolute Gasteiger partial charge is 0.475 e. The molecule has 1 aromatic rings. The van der Waals surface area contributed by atoms with E-state index in [9.17, 15) is 0 Å². The molecule has 1 atom stereocenters. The highest BCUT2D eigenvalue weighted by Gasteiger charge is 2.12. The molecule has 1 heterocycles. The van der Waals surface area contributed by atoms with Gasteiger partial charge in [0.05, 0.1) is 0 Å². The maximum absolute atomic E-state index is 5.37. The predicted molar refractivity (Wildman–Crippen MR) is 62.8 cm³/mol. The Kier molecular flexibility index (Phi) is 2.98. The zero-order valence-corrected chi connectivity index (χ0v) is 8.47. The van der Waals surface area contributed by atoms with Crippen molar-refractivity contribution < 1.29 is 4.74 Å². The fourth-order valence-electron chi connectivity index (χ4n) is 1.35. The molecule has 0 bridgehead atoms. The Morgan fingerprint density at radius 3 is 2.73 bits per heavy atom. The zero-order valence-electron chi connectivity index (χ0n) is 8.47. The first-order valence-corrected chi connectivity index (χ1v) is 4.95. The van der Waals surface area contributed by atoms with E-state index in [0.717, 1.165) is 5.56 Å². The third-order valence-electron chi connectivity index (χ3n) is 2.19. The molecule has 1 aliphatic rings. The van der Waals surface area contributed by atoms with Crippen molar-refractivity contribution in [2.75, 3.05) is 6.61 Å². The Labute approximate surface area is 89.6 Å². The maximum Gasteiger partial charge on any atom is 0.209 e. The molecule has 0 radical (unpaired) electrons. The molecular weight excluding hydrogens is 186 g/mol. The molecule has 0 spiro atoms. The summed E-state index contributed by atoms with van der Waals surface area (Å²) in [6.45, 7) is 4.29. The summed E-state index contributed by atoms with van der Waals surface area (Å²) in [5.74, 6) is 0.684. The van der Waals surface area contributed by atoms with Gasteiger partial charge in [-0.25, -0.2) is 4.99 Å². The summed E-state index contributed by atoms with van der Waals surface area (Å²) in [4.78, 5) is 4.31. The molecule has 0 aliphatic carbocycles. The molecule has 0 N–H and O–H groups in total. The molecule has 0 saturated carbocycles. The van der Waals surface area contributed by atoms with Crippen molar-refractivity contribution in [3.05, 3.63) is 54.6 Å². The lowest BCUT2D eigenvalue weighted by molar-refractivity contribution is 0.333. The lowest BCUT2D eigenvalue weighted by atomic mass is 10.2. The molecule has 2 rings (SSSR count). The maximum atomic E-state index is 5.37. The van der Waals surface area contributed by atoms with Crippen molar-refractivity contribution in [2.24, 2.45) is 4.99 Å². The van der Waals surface area contributed by atoms with E-state index >= 15 is 0 Å². The molecule has 0 aromatic heterocycles. The number of nitrogens with zero attached hydrogens (tertiary/aromatic N) is 1. The van der Waals surface area contributed by atoms with Crippen LogP contribution < -0.4 is 0 Å². The second kappa shape index (κ2) is 4.60.